The average molecular weight is 140 g/mol. The van der Waals surface area contributed by atoms with Gasteiger partial charge < -0.3 is 14.9 Å². The predicted octanol–water partition coefficient (Wildman–Crippen LogP) is -0.141. The molecule has 54 valence electrons. The normalized spacial score (nSPS) is 22.1. The summed E-state index contributed by atoms with van der Waals surface area (Å²) in [5, 5.41) is 0. The Morgan fingerprint density at radius 1 is 1.60 bits per heavy atom. The van der Waals surface area contributed by atoms with Gasteiger partial charge >= 0.3 is 0 Å². The highest BCUT2D eigenvalue weighted by molar-refractivity contribution is 5.05. The third kappa shape index (κ3) is 0.661. The number of aromatic nitrogens is 1. The van der Waals surface area contributed by atoms with Gasteiger partial charge in [0.25, 0.3) is 0 Å². The molecule has 1 saturated heterocycles. The summed E-state index contributed by atoms with van der Waals surface area (Å²) in [6.07, 6.45) is 3.10. The number of ether oxygens (including phenoxy) is 1. The number of hydrogen-bond donors (Lipinski definition) is 1. The molecule has 0 spiro atoms. The first-order valence-electron chi connectivity index (χ1n) is 3.08. The van der Waals surface area contributed by atoms with Gasteiger partial charge in [0.05, 0.1) is 19.4 Å². The van der Waals surface area contributed by atoms with Gasteiger partial charge in [-0.2, -0.15) is 0 Å². The second-order valence-electron chi connectivity index (χ2n) is 2.49. The first-order chi connectivity index (χ1) is 4.81. The summed E-state index contributed by atoms with van der Waals surface area (Å²) in [7, 11) is 0. The Bertz CT molecular complexity index is 216. The molecule has 2 heterocycles. The van der Waals surface area contributed by atoms with E-state index in [1.165, 1.54) is 6.26 Å². The molecule has 1 aromatic rings. The van der Waals surface area contributed by atoms with Gasteiger partial charge in [0.2, 0.25) is 5.89 Å². The van der Waals surface area contributed by atoms with Gasteiger partial charge in [-0.1, -0.05) is 0 Å². The second kappa shape index (κ2) is 1.81. The fourth-order valence-electron chi connectivity index (χ4n) is 0.915. The molecule has 0 aromatic carbocycles. The van der Waals surface area contributed by atoms with Crippen LogP contribution in [-0.4, -0.2) is 18.2 Å². The monoisotopic (exact) mass is 140 g/mol. The molecule has 1 aromatic heterocycles. The summed E-state index contributed by atoms with van der Waals surface area (Å²) >= 11 is 0. The molecule has 1 aliphatic heterocycles. The van der Waals surface area contributed by atoms with Gasteiger partial charge in [-0.25, -0.2) is 4.98 Å². The number of oxazole rings is 1. The summed E-state index contributed by atoms with van der Waals surface area (Å²) in [6.45, 7) is 1.01. The molecular weight excluding hydrogens is 132 g/mol. The summed E-state index contributed by atoms with van der Waals surface area (Å²) in [5.74, 6) is 0.568. The zero-order valence-corrected chi connectivity index (χ0v) is 5.41. The lowest BCUT2D eigenvalue weighted by Gasteiger charge is -2.34. The largest absolute Gasteiger partial charge is 0.447 e. The minimum Gasteiger partial charge on any atom is -0.447 e. The zero-order valence-electron chi connectivity index (χ0n) is 5.41. The highest BCUT2D eigenvalue weighted by Crippen LogP contribution is 2.24. The van der Waals surface area contributed by atoms with Crippen LogP contribution in [0.5, 0.6) is 0 Å². The van der Waals surface area contributed by atoms with Crippen molar-refractivity contribution in [1.82, 2.24) is 4.98 Å². The molecule has 0 unspecified atom stereocenters. The SMILES string of the molecule is NC1(c2ncco2)COC1. The van der Waals surface area contributed by atoms with E-state index in [4.69, 9.17) is 14.9 Å². The first kappa shape index (κ1) is 5.88. The van der Waals surface area contributed by atoms with Gasteiger partial charge in [-0.15, -0.1) is 0 Å². The van der Waals surface area contributed by atoms with Crippen LogP contribution in [0.3, 0.4) is 0 Å². The molecule has 0 amide bonds. The van der Waals surface area contributed by atoms with Crippen LogP contribution < -0.4 is 5.73 Å². The Balaban J connectivity index is 2.27. The van der Waals surface area contributed by atoms with E-state index in [2.05, 4.69) is 4.98 Å². The van der Waals surface area contributed by atoms with Crippen LogP contribution in [0, 0.1) is 0 Å². The maximum absolute atomic E-state index is 5.79. The number of nitrogens with zero attached hydrogens (tertiary/aromatic N) is 1. The summed E-state index contributed by atoms with van der Waals surface area (Å²) in [6, 6.07) is 0. The molecule has 4 heteroatoms. The van der Waals surface area contributed by atoms with Crippen LogP contribution >= 0.6 is 0 Å². The minimum atomic E-state index is -0.455. The van der Waals surface area contributed by atoms with Crippen LogP contribution in [-0.2, 0) is 10.3 Å². The number of rotatable bonds is 1. The standard InChI is InChI=1S/C6H8N2O2/c7-6(3-9-4-6)5-8-1-2-10-5/h1-2H,3-4,7H2. The maximum atomic E-state index is 5.79. The number of nitrogens with two attached hydrogens (primary N) is 1. The maximum Gasteiger partial charge on any atom is 0.218 e. The quantitative estimate of drug-likeness (QED) is 0.589. The second-order valence-corrected chi connectivity index (χ2v) is 2.49. The van der Waals surface area contributed by atoms with E-state index in [0.29, 0.717) is 19.1 Å². The fourth-order valence-corrected chi connectivity index (χ4v) is 0.915. The Morgan fingerprint density at radius 2 is 2.40 bits per heavy atom. The van der Waals surface area contributed by atoms with E-state index in [1.807, 2.05) is 0 Å². The van der Waals surface area contributed by atoms with Crippen LogP contribution in [0.1, 0.15) is 5.89 Å². The van der Waals surface area contributed by atoms with Crippen molar-refractivity contribution in [3.8, 4) is 0 Å². The van der Waals surface area contributed by atoms with E-state index in [0.717, 1.165) is 0 Å². The van der Waals surface area contributed by atoms with Crippen molar-refractivity contribution in [2.45, 2.75) is 5.54 Å². The van der Waals surface area contributed by atoms with E-state index < -0.39 is 5.54 Å². The van der Waals surface area contributed by atoms with Crippen molar-refractivity contribution in [2.24, 2.45) is 5.73 Å². The molecule has 0 aliphatic carbocycles. The smallest absolute Gasteiger partial charge is 0.218 e. The molecule has 0 radical (unpaired) electrons. The van der Waals surface area contributed by atoms with E-state index in [-0.39, 0.29) is 0 Å². The molecule has 0 bridgehead atoms. The molecule has 2 N–H and O–H groups in total. The van der Waals surface area contributed by atoms with Gasteiger partial charge in [0, 0.05) is 0 Å². The van der Waals surface area contributed by atoms with E-state index in [9.17, 15) is 0 Å². The zero-order chi connectivity index (χ0) is 7.03. The molecule has 2 rings (SSSR count). The molecule has 1 aliphatic rings. The summed E-state index contributed by atoms with van der Waals surface area (Å²) in [5.41, 5.74) is 5.33. The van der Waals surface area contributed by atoms with Gasteiger partial charge in [0.15, 0.2) is 0 Å². The van der Waals surface area contributed by atoms with E-state index >= 15 is 0 Å². The van der Waals surface area contributed by atoms with Crippen molar-refractivity contribution >= 4 is 0 Å². The first-order valence-corrected chi connectivity index (χ1v) is 3.08. The molecule has 1 fully saturated rings. The lowest BCUT2D eigenvalue weighted by atomic mass is 10.00. The van der Waals surface area contributed by atoms with Crippen molar-refractivity contribution in [3.63, 3.8) is 0 Å². The Morgan fingerprint density at radius 3 is 2.80 bits per heavy atom. The topological polar surface area (TPSA) is 61.3 Å². The van der Waals surface area contributed by atoms with Crippen molar-refractivity contribution in [1.29, 1.82) is 0 Å². The van der Waals surface area contributed by atoms with Gasteiger partial charge in [-0.05, 0) is 0 Å². The summed E-state index contributed by atoms with van der Waals surface area (Å²) < 4.78 is 9.96. The Kier molecular flexibility index (Phi) is 1.06. The molecule has 10 heavy (non-hydrogen) atoms. The highest BCUT2D eigenvalue weighted by Gasteiger charge is 2.40. The molecular formula is C6H8N2O2. The molecule has 0 atom stereocenters. The van der Waals surface area contributed by atoms with Gasteiger partial charge in [-0.3, -0.25) is 0 Å². The van der Waals surface area contributed by atoms with E-state index in [1.54, 1.807) is 6.20 Å². The third-order valence-corrected chi connectivity index (χ3v) is 1.58. The highest BCUT2D eigenvalue weighted by atomic mass is 16.5. The van der Waals surface area contributed by atoms with Crippen LogP contribution in [0.25, 0.3) is 0 Å². The third-order valence-electron chi connectivity index (χ3n) is 1.58. The van der Waals surface area contributed by atoms with Crippen molar-refractivity contribution in [3.05, 3.63) is 18.4 Å². The fraction of sp³-hybridized carbons (Fsp3) is 0.500. The van der Waals surface area contributed by atoms with Crippen LogP contribution in [0.2, 0.25) is 0 Å². The van der Waals surface area contributed by atoms with Gasteiger partial charge in [0.1, 0.15) is 11.8 Å². The Labute approximate surface area is 58.0 Å². The van der Waals surface area contributed by atoms with Crippen molar-refractivity contribution in [2.75, 3.05) is 13.2 Å². The lowest BCUT2D eigenvalue weighted by Crippen LogP contribution is -2.54. The average Bonchev–Trinajstić information content (AvgIpc) is 2.33. The molecule has 0 saturated carbocycles. The van der Waals surface area contributed by atoms with Crippen LogP contribution in [0.15, 0.2) is 16.9 Å². The van der Waals surface area contributed by atoms with Crippen molar-refractivity contribution < 1.29 is 9.15 Å². The Hall–Kier alpha value is -0.870. The van der Waals surface area contributed by atoms with Crippen LogP contribution in [0.4, 0.5) is 0 Å². The molecule has 4 nitrogen and oxygen atoms in total. The lowest BCUT2D eigenvalue weighted by molar-refractivity contribution is -0.0694. The predicted molar refractivity (Wildman–Crippen MR) is 33.2 cm³/mol. The minimum absolute atomic E-state index is 0.455. The number of hydrogen-bond acceptors (Lipinski definition) is 4. The summed E-state index contributed by atoms with van der Waals surface area (Å²) in [4.78, 5) is 3.94.